The second kappa shape index (κ2) is 6.02. The number of esters is 1. The number of hydrogen-bond donors (Lipinski definition) is 0. The van der Waals surface area contributed by atoms with Crippen LogP contribution in [0, 0.1) is 10.1 Å². The van der Waals surface area contributed by atoms with Crippen LogP contribution in [0.5, 0.6) is 0 Å². The molecule has 102 valence electrons. The third-order valence-corrected chi connectivity index (χ3v) is 3.69. The number of halogens is 1. The normalized spacial score (nSPS) is 22.8. The molecule has 2 atom stereocenters. The van der Waals surface area contributed by atoms with Crippen LogP contribution in [0.25, 0.3) is 0 Å². The molecule has 2 rings (SSSR count). The maximum atomic E-state index is 11.9. The Morgan fingerprint density at radius 2 is 1.89 bits per heavy atom. The second-order valence-corrected chi connectivity index (χ2v) is 5.11. The predicted molar refractivity (Wildman–Crippen MR) is 70.4 cm³/mol. The maximum absolute atomic E-state index is 11.9. The van der Waals surface area contributed by atoms with Crippen LogP contribution in [-0.2, 0) is 4.74 Å². The lowest BCUT2D eigenvalue weighted by Crippen LogP contribution is -2.30. The number of carbonyl (C=O) groups is 1. The molecule has 1 aromatic rings. The first-order valence-corrected chi connectivity index (χ1v) is 6.61. The number of non-ortho nitro benzene ring substituents is 1. The van der Waals surface area contributed by atoms with Crippen LogP contribution >= 0.6 is 11.6 Å². The van der Waals surface area contributed by atoms with Crippen molar-refractivity contribution < 1.29 is 14.5 Å². The van der Waals surface area contributed by atoms with Crippen LogP contribution < -0.4 is 0 Å². The second-order valence-electron chi connectivity index (χ2n) is 4.55. The van der Waals surface area contributed by atoms with Gasteiger partial charge in [0.25, 0.3) is 5.69 Å². The monoisotopic (exact) mass is 283 g/mol. The van der Waals surface area contributed by atoms with Gasteiger partial charge in [0.15, 0.2) is 0 Å². The number of rotatable bonds is 3. The smallest absolute Gasteiger partial charge is 0.338 e. The van der Waals surface area contributed by atoms with E-state index >= 15 is 0 Å². The average molecular weight is 284 g/mol. The highest BCUT2D eigenvalue weighted by Gasteiger charge is 2.27. The van der Waals surface area contributed by atoms with Crippen molar-refractivity contribution in [2.24, 2.45) is 0 Å². The molecule has 0 radical (unpaired) electrons. The summed E-state index contributed by atoms with van der Waals surface area (Å²) < 4.78 is 5.35. The molecule has 0 N–H and O–H groups in total. The molecule has 19 heavy (non-hydrogen) atoms. The van der Waals surface area contributed by atoms with Gasteiger partial charge >= 0.3 is 5.97 Å². The summed E-state index contributed by atoms with van der Waals surface area (Å²) in [6, 6.07) is 5.37. The summed E-state index contributed by atoms with van der Waals surface area (Å²) >= 11 is 6.11. The zero-order valence-corrected chi connectivity index (χ0v) is 11.0. The molecule has 0 aliphatic heterocycles. The highest BCUT2D eigenvalue weighted by Crippen LogP contribution is 2.26. The van der Waals surface area contributed by atoms with E-state index < -0.39 is 10.9 Å². The van der Waals surface area contributed by atoms with Crippen molar-refractivity contribution in [2.75, 3.05) is 0 Å². The Labute approximate surface area is 115 Å². The molecule has 1 aromatic carbocycles. The lowest BCUT2D eigenvalue weighted by molar-refractivity contribution is -0.384. The molecule has 0 aromatic heterocycles. The average Bonchev–Trinajstić information content (AvgIpc) is 2.41. The van der Waals surface area contributed by atoms with Crippen molar-refractivity contribution in [1.82, 2.24) is 0 Å². The first kappa shape index (κ1) is 13.8. The van der Waals surface area contributed by atoms with E-state index in [0.29, 0.717) is 5.56 Å². The Kier molecular flexibility index (Phi) is 4.37. The predicted octanol–water partition coefficient (Wildman–Crippen LogP) is 3.30. The van der Waals surface area contributed by atoms with Crippen LogP contribution in [-0.4, -0.2) is 22.4 Å². The van der Waals surface area contributed by atoms with E-state index in [1.165, 1.54) is 24.3 Å². The van der Waals surface area contributed by atoms with Crippen LogP contribution in [0.4, 0.5) is 5.69 Å². The number of nitro groups is 1. The Hall–Kier alpha value is -1.62. The molecule has 5 nitrogen and oxygen atoms in total. The third-order valence-electron chi connectivity index (χ3n) is 3.19. The Balaban J connectivity index is 2.01. The zero-order valence-electron chi connectivity index (χ0n) is 10.3. The van der Waals surface area contributed by atoms with E-state index in [2.05, 4.69) is 0 Å². The lowest BCUT2D eigenvalue weighted by Gasteiger charge is -2.26. The molecule has 1 aliphatic rings. The van der Waals surface area contributed by atoms with E-state index in [1.807, 2.05) is 0 Å². The summed E-state index contributed by atoms with van der Waals surface area (Å²) in [5, 5.41) is 10.4. The summed E-state index contributed by atoms with van der Waals surface area (Å²) in [7, 11) is 0. The van der Waals surface area contributed by atoms with Gasteiger partial charge in [-0.05, 0) is 31.4 Å². The van der Waals surface area contributed by atoms with Gasteiger partial charge in [-0.2, -0.15) is 0 Å². The van der Waals surface area contributed by atoms with Gasteiger partial charge in [-0.1, -0.05) is 6.42 Å². The Morgan fingerprint density at radius 1 is 1.26 bits per heavy atom. The zero-order chi connectivity index (χ0) is 13.8. The fourth-order valence-electron chi connectivity index (χ4n) is 2.11. The fraction of sp³-hybridized carbons (Fsp3) is 0.462. The topological polar surface area (TPSA) is 69.4 Å². The number of benzene rings is 1. The van der Waals surface area contributed by atoms with E-state index in [0.717, 1.165) is 25.7 Å². The quantitative estimate of drug-likeness (QED) is 0.369. The van der Waals surface area contributed by atoms with Gasteiger partial charge in [-0.3, -0.25) is 10.1 Å². The molecule has 0 spiro atoms. The summed E-state index contributed by atoms with van der Waals surface area (Å²) in [6.45, 7) is 0. The summed E-state index contributed by atoms with van der Waals surface area (Å²) in [6.07, 6.45) is 3.41. The van der Waals surface area contributed by atoms with E-state index in [9.17, 15) is 14.9 Å². The summed E-state index contributed by atoms with van der Waals surface area (Å²) in [4.78, 5) is 21.9. The molecule has 1 saturated carbocycles. The molecule has 6 heteroatoms. The van der Waals surface area contributed by atoms with E-state index in [4.69, 9.17) is 16.3 Å². The highest BCUT2D eigenvalue weighted by molar-refractivity contribution is 6.21. The van der Waals surface area contributed by atoms with Gasteiger partial charge in [0.1, 0.15) is 6.10 Å². The minimum absolute atomic E-state index is 0.0514. The molecule has 0 heterocycles. The number of ether oxygens (including phenoxy) is 1. The first-order valence-electron chi connectivity index (χ1n) is 6.17. The van der Waals surface area contributed by atoms with Crippen molar-refractivity contribution in [3.63, 3.8) is 0 Å². The van der Waals surface area contributed by atoms with Gasteiger partial charge in [0.05, 0.1) is 15.9 Å². The SMILES string of the molecule is O=C(O[C@H]1CCCC[C@@H]1Cl)c1ccc([N+](=O)[O-])cc1. The Morgan fingerprint density at radius 3 is 2.47 bits per heavy atom. The molecule has 0 bridgehead atoms. The van der Waals surface area contributed by atoms with Crippen molar-refractivity contribution in [2.45, 2.75) is 37.2 Å². The van der Waals surface area contributed by atoms with E-state index in [-0.39, 0.29) is 17.2 Å². The van der Waals surface area contributed by atoms with Crippen molar-refractivity contribution in [3.8, 4) is 0 Å². The maximum Gasteiger partial charge on any atom is 0.338 e. The van der Waals surface area contributed by atoms with Crippen LogP contribution in [0.15, 0.2) is 24.3 Å². The van der Waals surface area contributed by atoms with Crippen molar-refractivity contribution in [1.29, 1.82) is 0 Å². The summed E-state index contributed by atoms with van der Waals surface area (Å²) in [5.74, 6) is -0.479. The first-order chi connectivity index (χ1) is 9.08. The van der Waals surface area contributed by atoms with Crippen molar-refractivity contribution in [3.05, 3.63) is 39.9 Å². The number of hydrogen-bond acceptors (Lipinski definition) is 4. The largest absolute Gasteiger partial charge is 0.457 e. The molecular formula is C13H14ClNO4. The van der Waals surface area contributed by atoms with Crippen LogP contribution in [0.3, 0.4) is 0 Å². The molecule has 1 fully saturated rings. The van der Waals surface area contributed by atoms with Gasteiger partial charge in [-0.15, -0.1) is 11.6 Å². The minimum Gasteiger partial charge on any atom is -0.457 e. The van der Waals surface area contributed by atoms with Crippen molar-refractivity contribution >= 4 is 23.3 Å². The lowest BCUT2D eigenvalue weighted by atomic mass is 9.97. The number of carbonyl (C=O) groups excluding carboxylic acids is 1. The van der Waals surface area contributed by atoms with Gasteiger partial charge < -0.3 is 4.74 Å². The van der Waals surface area contributed by atoms with Crippen LogP contribution in [0.1, 0.15) is 36.0 Å². The number of alkyl halides is 1. The van der Waals surface area contributed by atoms with Crippen LogP contribution in [0.2, 0.25) is 0 Å². The molecule has 1 aliphatic carbocycles. The third kappa shape index (κ3) is 3.44. The summed E-state index contributed by atoms with van der Waals surface area (Å²) in [5.41, 5.74) is 0.254. The molecular weight excluding hydrogens is 270 g/mol. The van der Waals surface area contributed by atoms with E-state index in [1.54, 1.807) is 0 Å². The number of nitrogens with zero attached hydrogens (tertiary/aromatic N) is 1. The number of nitro benzene ring substituents is 1. The molecule has 0 unspecified atom stereocenters. The standard InChI is InChI=1S/C13H14ClNO4/c14-11-3-1-2-4-12(11)19-13(16)9-5-7-10(8-6-9)15(17)18/h5-8,11-12H,1-4H2/t11-,12-/m0/s1. The molecule has 0 saturated heterocycles. The minimum atomic E-state index is -0.509. The Bertz CT molecular complexity index is 474. The molecule has 0 amide bonds. The fourth-order valence-corrected chi connectivity index (χ4v) is 2.44. The van der Waals surface area contributed by atoms with Gasteiger partial charge in [0, 0.05) is 12.1 Å². The van der Waals surface area contributed by atoms with Gasteiger partial charge in [-0.25, -0.2) is 4.79 Å². The van der Waals surface area contributed by atoms with Gasteiger partial charge in [0.2, 0.25) is 0 Å². The highest BCUT2D eigenvalue weighted by atomic mass is 35.5.